The smallest absolute Gasteiger partial charge is 0.272 e. The van der Waals surface area contributed by atoms with Gasteiger partial charge in [-0.15, -0.1) is 0 Å². The van der Waals surface area contributed by atoms with Gasteiger partial charge in [0, 0.05) is 49.2 Å². The first kappa shape index (κ1) is 20.3. The number of carbonyl (C=O) groups is 1. The number of fused-ring (bicyclic) bond motifs is 1. The van der Waals surface area contributed by atoms with Crippen LogP contribution in [0.15, 0.2) is 65.4 Å². The van der Waals surface area contributed by atoms with Crippen LogP contribution < -0.4 is 10.2 Å². The second-order valence-corrected chi connectivity index (χ2v) is 8.15. The minimum atomic E-state index is -0.117. The lowest BCUT2D eigenvalue weighted by Crippen LogP contribution is -2.49. The number of carbonyl (C=O) groups excluding carboxylic acids is 1. The second-order valence-electron chi connectivity index (χ2n) is 7.74. The van der Waals surface area contributed by atoms with E-state index in [-0.39, 0.29) is 5.91 Å². The maximum atomic E-state index is 13.3. The highest BCUT2D eigenvalue weighted by atomic mass is 35.5. The molecule has 0 saturated carbocycles. The van der Waals surface area contributed by atoms with Crippen LogP contribution in [-0.4, -0.2) is 47.0 Å². The Morgan fingerprint density at radius 1 is 1.09 bits per heavy atom. The Balaban J connectivity index is 1.37. The molecule has 1 N–H and O–H groups in total. The fourth-order valence-electron chi connectivity index (χ4n) is 3.82. The molecule has 4 aromatic rings. The molecule has 0 aliphatic carbocycles. The molecule has 1 aliphatic heterocycles. The average Bonchev–Trinajstić information content (AvgIpc) is 3.31. The molecule has 1 aromatic carbocycles. The van der Waals surface area contributed by atoms with Crippen LogP contribution in [0.1, 0.15) is 16.1 Å². The molecule has 3 aromatic heterocycles. The van der Waals surface area contributed by atoms with Crippen molar-refractivity contribution in [3.63, 3.8) is 0 Å². The van der Waals surface area contributed by atoms with Crippen LogP contribution in [0.4, 0.5) is 17.3 Å². The molecule has 1 aliphatic rings. The first-order valence-electron chi connectivity index (χ1n) is 10.5. The van der Waals surface area contributed by atoms with Gasteiger partial charge in [-0.25, -0.2) is 9.97 Å². The Morgan fingerprint density at radius 3 is 2.69 bits per heavy atom. The zero-order valence-electron chi connectivity index (χ0n) is 17.6. The Hall–Kier alpha value is -3.58. The zero-order valence-corrected chi connectivity index (χ0v) is 18.3. The molecule has 4 heterocycles. The summed E-state index contributed by atoms with van der Waals surface area (Å²) in [6.45, 7) is 4.59. The van der Waals surface area contributed by atoms with E-state index in [0.717, 1.165) is 35.5 Å². The van der Waals surface area contributed by atoms with Crippen LogP contribution >= 0.6 is 11.6 Å². The van der Waals surface area contributed by atoms with Crippen LogP contribution in [0.3, 0.4) is 0 Å². The van der Waals surface area contributed by atoms with Crippen molar-refractivity contribution in [1.29, 1.82) is 0 Å². The van der Waals surface area contributed by atoms with Crippen molar-refractivity contribution in [3.8, 4) is 0 Å². The van der Waals surface area contributed by atoms with E-state index in [2.05, 4.69) is 20.2 Å². The summed E-state index contributed by atoms with van der Waals surface area (Å²) < 4.78 is 5.60. The zero-order chi connectivity index (χ0) is 22.1. The number of benzene rings is 1. The van der Waals surface area contributed by atoms with Crippen LogP contribution in [0.2, 0.25) is 5.02 Å². The first-order valence-corrected chi connectivity index (χ1v) is 10.8. The second kappa shape index (κ2) is 8.51. The molecule has 5 rings (SSSR count). The number of pyridine rings is 2. The van der Waals surface area contributed by atoms with Crippen LogP contribution in [0.25, 0.3) is 11.0 Å². The van der Waals surface area contributed by atoms with Gasteiger partial charge in [0.25, 0.3) is 5.91 Å². The molecule has 1 saturated heterocycles. The predicted molar refractivity (Wildman–Crippen MR) is 126 cm³/mol. The molecule has 32 heavy (non-hydrogen) atoms. The van der Waals surface area contributed by atoms with E-state index in [1.54, 1.807) is 18.5 Å². The van der Waals surface area contributed by atoms with E-state index in [4.69, 9.17) is 16.0 Å². The number of rotatable bonds is 4. The summed E-state index contributed by atoms with van der Waals surface area (Å²) in [6.07, 6.45) is 3.38. The Bertz CT molecular complexity index is 1270. The van der Waals surface area contributed by atoms with Crippen LogP contribution in [0, 0.1) is 6.92 Å². The lowest BCUT2D eigenvalue weighted by molar-refractivity contribution is 0.0741. The van der Waals surface area contributed by atoms with Gasteiger partial charge >= 0.3 is 0 Å². The SMILES string of the molecule is Cc1ccc(Nc2nc(C(=O)N3CCN(c4ccccn4)CC3)cc3occc23)cc1Cl. The summed E-state index contributed by atoms with van der Waals surface area (Å²) in [4.78, 5) is 26.3. The minimum absolute atomic E-state index is 0.117. The van der Waals surface area contributed by atoms with E-state index >= 15 is 0 Å². The summed E-state index contributed by atoms with van der Waals surface area (Å²) in [5.74, 6) is 1.37. The maximum Gasteiger partial charge on any atom is 0.272 e. The van der Waals surface area contributed by atoms with Crippen LogP contribution in [0.5, 0.6) is 0 Å². The van der Waals surface area contributed by atoms with E-state index < -0.39 is 0 Å². The third-order valence-corrected chi connectivity index (χ3v) is 6.05. The standard InChI is InChI=1S/C24H22ClN5O2/c1-16-5-6-17(14-19(16)25)27-23-18-7-13-32-21(18)15-20(28-23)24(31)30-11-9-29(10-12-30)22-4-2-3-8-26-22/h2-8,13-15H,9-12H2,1H3,(H,27,28). The van der Waals surface area contributed by atoms with Gasteiger partial charge in [0.1, 0.15) is 22.9 Å². The normalized spacial score (nSPS) is 14.1. The van der Waals surface area contributed by atoms with Gasteiger partial charge in [-0.2, -0.15) is 0 Å². The number of hydrogen-bond donors (Lipinski definition) is 1. The molecule has 162 valence electrons. The first-order chi connectivity index (χ1) is 15.6. The van der Waals surface area contributed by atoms with E-state index in [1.807, 2.05) is 54.3 Å². The van der Waals surface area contributed by atoms with Gasteiger partial charge < -0.3 is 19.5 Å². The van der Waals surface area contributed by atoms with Crippen molar-refractivity contribution in [2.45, 2.75) is 6.92 Å². The minimum Gasteiger partial charge on any atom is -0.464 e. The summed E-state index contributed by atoms with van der Waals surface area (Å²) in [7, 11) is 0. The number of piperazine rings is 1. The molecular formula is C24H22ClN5O2. The third kappa shape index (κ3) is 3.99. The number of aromatic nitrogens is 2. The van der Waals surface area contributed by atoms with Gasteiger partial charge in [-0.3, -0.25) is 4.79 Å². The monoisotopic (exact) mass is 447 g/mol. The lowest BCUT2D eigenvalue weighted by atomic mass is 10.2. The Labute approximate surface area is 190 Å². The highest BCUT2D eigenvalue weighted by molar-refractivity contribution is 6.31. The van der Waals surface area contributed by atoms with Gasteiger partial charge in [-0.05, 0) is 42.8 Å². The van der Waals surface area contributed by atoms with E-state index in [1.165, 1.54) is 0 Å². The number of amides is 1. The molecular weight excluding hydrogens is 426 g/mol. The maximum absolute atomic E-state index is 13.3. The van der Waals surface area contributed by atoms with Crippen molar-refractivity contribution in [1.82, 2.24) is 14.9 Å². The van der Waals surface area contributed by atoms with E-state index in [0.29, 0.717) is 35.2 Å². The Morgan fingerprint density at radius 2 is 1.94 bits per heavy atom. The molecule has 8 heteroatoms. The molecule has 0 bridgehead atoms. The van der Waals surface area contributed by atoms with Crippen molar-refractivity contribution in [2.24, 2.45) is 0 Å². The topological polar surface area (TPSA) is 74.5 Å². The number of aryl methyl sites for hydroxylation is 1. The van der Waals surface area contributed by atoms with Crippen LogP contribution in [-0.2, 0) is 0 Å². The highest BCUT2D eigenvalue weighted by Crippen LogP contribution is 2.29. The third-order valence-electron chi connectivity index (χ3n) is 5.64. The predicted octanol–water partition coefficient (Wildman–Crippen LogP) is 4.89. The number of hydrogen-bond acceptors (Lipinski definition) is 6. The molecule has 7 nitrogen and oxygen atoms in total. The molecule has 1 amide bonds. The summed E-state index contributed by atoms with van der Waals surface area (Å²) in [5, 5.41) is 4.75. The average molecular weight is 448 g/mol. The summed E-state index contributed by atoms with van der Waals surface area (Å²) in [5.41, 5.74) is 2.74. The fraction of sp³-hybridized carbons (Fsp3) is 0.208. The van der Waals surface area contributed by atoms with Gasteiger partial charge in [0.2, 0.25) is 0 Å². The van der Waals surface area contributed by atoms with Crippen molar-refractivity contribution in [3.05, 3.63) is 77.3 Å². The summed E-state index contributed by atoms with van der Waals surface area (Å²) >= 11 is 6.27. The largest absolute Gasteiger partial charge is 0.464 e. The number of halogens is 1. The molecule has 0 unspecified atom stereocenters. The molecule has 1 fully saturated rings. The van der Waals surface area contributed by atoms with Gasteiger partial charge in [0.05, 0.1) is 11.6 Å². The van der Waals surface area contributed by atoms with Crippen molar-refractivity contribution in [2.75, 3.05) is 36.4 Å². The molecule has 0 atom stereocenters. The van der Waals surface area contributed by atoms with Crippen molar-refractivity contribution < 1.29 is 9.21 Å². The quantitative estimate of drug-likeness (QED) is 0.480. The number of nitrogens with zero attached hydrogens (tertiary/aromatic N) is 4. The number of furan rings is 1. The van der Waals surface area contributed by atoms with Crippen molar-refractivity contribution >= 4 is 45.8 Å². The molecule has 0 spiro atoms. The lowest BCUT2D eigenvalue weighted by Gasteiger charge is -2.35. The highest BCUT2D eigenvalue weighted by Gasteiger charge is 2.25. The van der Waals surface area contributed by atoms with E-state index in [9.17, 15) is 4.79 Å². The Kier molecular flexibility index (Phi) is 5.41. The molecule has 0 radical (unpaired) electrons. The fourth-order valence-corrected chi connectivity index (χ4v) is 4.00. The summed E-state index contributed by atoms with van der Waals surface area (Å²) in [6, 6.07) is 15.1. The van der Waals surface area contributed by atoms with Gasteiger partial charge in [-0.1, -0.05) is 23.7 Å². The number of anilines is 3. The van der Waals surface area contributed by atoms with Gasteiger partial charge in [0.15, 0.2) is 0 Å². The number of nitrogens with one attached hydrogen (secondary N) is 1.